The highest BCUT2D eigenvalue weighted by molar-refractivity contribution is 6.31. The van der Waals surface area contributed by atoms with E-state index in [-0.39, 0.29) is 25.0 Å². The summed E-state index contributed by atoms with van der Waals surface area (Å²) in [6.07, 6.45) is 1.76. The molecule has 2 heterocycles. The molecule has 2 fully saturated rings. The lowest BCUT2D eigenvalue weighted by Crippen LogP contribution is -2.54. The molecule has 0 unspecified atom stereocenters. The van der Waals surface area contributed by atoms with Gasteiger partial charge in [-0.05, 0) is 36.8 Å². The first kappa shape index (κ1) is 18.2. The molecule has 0 aliphatic carbocycles. The predicted molar refractivity (Wildman–Crippen MR) is 93.1 cm³/mol. The lowest BCUT2D eigenvalue weighted by atomic mass is 9.92. The SMILES string of the molecule is O=C1CO[C@H](C(=O)N2CCC(CCO)CC2)[C@@H](c2ccccc2Cl)N1. The molecule has 0 radical (unpaired) electrons. The quantitative estimate of drug-likeness (QED) is 0.846. The Morgan fingerprint density at radius 3 is 2.72 bits per heavy atom. The number of benzene rings is 1. The minimum atomic E-state index is -0.771. The summed E-state index contributed by atoms with van der Waals surface area (Å²) in [6.45, 7) is 1.35. The number of nitrogens with one attached hydrogen (secondary N) is 1. The van der Waals surface area contributed by atoms with Crippen LogP contribution >= 0.6 is 11.6 Å². The average Bonchev–Trinajstić information content (AvgIpc) is 2.62. The van der Waals surface area contributed by atoms with Crippen molar-refractivity contribution >= 4 is 23.4 Å². The number of carbonyl (C=O) groups is 2. The molecule has 0 bridgehead atoms. The molecule has 25 heavy (non-hydrogen) atoms. The maximum atomic E-state index is 13.0. The fraction of sp³-hybridized carbons (Fsp3) is 0.556. The van der Waals surface area contributed by atoms with Gasteiger partial charge in [0, 0.05) is 24.7 Å². The number of halogens is 1. The Bertz CT molecular complexity index is 631. The normalized spacial score (nSPS) is 24.9. The molecule has 2 N–H and O–H groups in total. The summed E-state index contributed by atoms with van der Waals surface area (Å²) in [7, 11) is 0. The Morgan fingerprint density at radius 1 is 1.32 bits per heavy atom. The highest BCUT2D eigenvalue weighted by Gasteiger charge is 2.39. The lowest BCUT2D eigenvalue weighted by molar-refractivity contribution is -0.156. The van der Waals surface area contributed by atoms with Crippen LogP contribution in [0, 0.1) is 5.92 Å². The van der Waals surface area contributed by atoms with Gasteiger partial charge in [0.2, 0.25) is 5.91 Å². The number of rotatable bonds is 4. The summed E-state index contributed by atoms with van der Waals surface area (Å²) in [6, 6.07) is 6.58. The predicted octanol–water partition coefficient (Wildman–Crippen LogP) is 1.52. The molecule has 0 spiro atoms. The van der Waals surface area contributed by atoms with Gasteiger partial charge in [-0.15, -0.1) is 0 Å². The highest BCUT2D eigenvalue weighted by atomic mass is 35.5. The molecule has 1 aromatic rings. The highest BCUT2D eigenvalue weighted by Crippen LogP contribution is 2.30. The number of hydrogen-bond donors (Lipinski definition) is 2. The van der Waals surface area contributed by atoms with Crippen molar-refractivity contribution in [2.75, 3.05) is 26.3 Å². The number of piperidine rings is 1. The van der Waals surface area contributed by atoms with Gasteiger partial charge in [-0.25, -0.2) is 0 Å². The molecule has 6 nitrogen and oxygen atoms in total. The molecule has 2 aliphatic heterocycles. The van der Waals surface area contributed by atoms with E-state index in [0.29, 0.717) is 29.6 Å². The summed E-state index contributed by atoms with van der Waals surface area (Å²) < 4.78 is 5.60. The monoisotopic (exact) mass is 366 g/mol. The van der Waals surface area contributed by atoms with Gasteiger partial charge in [0.25, 0.3) is 5.91 Å². The number of morpholine rings is 1. The van der Waals surface area contributed by atoms with E-state index in [2.05, 4.69) is 5.32 Å². The van der Waals surface area contributed by atoms with Crippen molar-refractivity contribution in [3.8, 4) is 0 Å². The Hall–Kier alpha value is -1.63. The van der Waals surface area contributed by atoms with Gasteiger partial charge in [0.15, 0.2) is 6.10 Å². The number of aliphatic hydroxyl groups is 1. The number of carbonyl (C=O) groups excluding carboxylic acids is 2. The zero-order chi connectivity index (χ0) is 17.8. The molecule has 7 heteroatoms. The minimum absolute atomic E-state index is 0.118. The van der Waals surface area contributed by atoms with E-state index in [1.54, 1.807) is 23.1 Å². The smallest absolute Gasteiger partial charge is 0.254 e. The largest absolute Gasteiger partial charge is 0.396 e. The van der Waals surface area contributed by atoms with E-state index in [4.69, 9.17) is 21.4 Å². The van der Waals surface area contributed by atoms with E-state index in [0.717, 1.165) is 19.3 Å². The van der Waals surface area contributed by atoms with Gasteiger partial charge in [0.05, 0.1) is 6.04 Å². The van der Waals surface area contributed by atoms with Crippen LogP contribution in [0.4, 0.5) is 0 Å². The van der Waals surface area contributed by atoms with Crippen molar-refractivity contribution < 1.29 is 19.4 Å². The van der Waals surface area contributed by atoms with E-state index < -0.39 is 12.1 Å². The molecule has 2 amide bonds. The Morgan fingerprint density at radius 2 is 2.04 bits per heavy atom. The molecular formula is C18H23ClN2O4. The second-order valence-corrected chi connectivity index (χ2v) is 6.99. The number of aliphatic hydroxyl groups excluding tert-OH is 1. The maximum Gasteiger partial charge on any atom is 0.254 e. The van der Waals surface area contributed by atoms with Crippen molar-refractivity contribution in [3.05, 3.63) is 34.9 Å². The molecule has 0 saturated carbocycles. The van der Waals surface area contributed by atoms with Gasteiger partial charge in [0.1, 0.15) is 6.61 Å². The molecule has 3 rings (SSSR count). The van der Waals surface area contributed by atoms with Gasteiger partial charge >= 0.3 is 0 Å². The van der Waals surface area contributed by atoms with Crippen LogP contribution in [0.1, 0.15) is 30.9 Å². The Balaban J connectivity index is 1.73. The first-order valence-electron chi connectivity index (χ1n) is 8.65. The van der Waals surface area contributed by atoms with Crippen LogP contribution in [0.3, 0.4) is 0 Å². The zero-order valence-electron chi connectivity index (χ0n) is 14.0. The third-order valence-electron chi connectivity index (χ3n) is 4.96. The van der Waals surface area contributed by atoms with E-state index >= 15 is 0 Å². The summed E-state index contributed by atoms with van der Waals surface area (Å²) in [5.41, 5.74) is 0.686. The van der Waals surface area contributed by atoms with Crippen molar-refractivity contribution in [1.29, 1.82) is 0 Å². The van der Waals surface area contributed by atoms with Gasteiger partial charge < -0.3 is 20.1 Å². The van der Waals surface area contributed by atoms with Crippen LogP contribution in [0.25, 0.3) is 0 Å². The molecular weight excluding hydrogens is 344 g/mol. The third-order valence-corrected chi connectivity index (χ3v) is 5.30. The Kier molecular flexibility index (Phi) is 5.93. The van der Waals surface area contributed by atoms with Crippen molar-refractivity contribution in [2.45, 2.75) is 31.4 Å². The van der Waals surface area contributed by atoms with Crippen molar-refractivity contribution in [3.63, 3.8) is 0 Å². The standard InChI is InChI=1S/C18H23ClN2O4/c19-14-4-2-1-3-13(14)16-17(25-11-15(23)20-16)18(24)21-8-5-12(6-9-21)7-10-22/h1-4,12,16-17,22H,5-11H2,(H,20,23)/t16-,17+/m1/s1. The van der Waals surface area contributed by atoms with Gasteiger partial charge in [-0.1, -0.05) is 29.8 Å². The number of nitrogens with zero attached hydrogens (tertiary/aromatic N) is 1. The molecule has 1 aromatic carbocycles. The molecule has 0 aromatic heterocycles. The van der Waals surface area contributed by atoms with Crippen LogP contribution in [0.2, 0.25) is 5.02 Å². The summed E-state index contributed by atoms with van der Waals surface area (Å²) >= 11 is 6.26. The molecule has 2 saturated heterocycles. The van der Waals surface area contributed by atoms with Crippen LogP contribution in [-0.2, 0) is 14.3 Å². The van der Waals surface area contributed by atoms with Crippen LogP contribution in [-0.4, -0.2) is 54.2 Å². The fourth-order valence-corrected chi connectivity index (χ4v) is 3.79. The zero-order valence-corrected chi connectivity index (χ0v) is 14.7. The number of ether oxygens (including phenoxy) is 1. The second-order valence-electron chi connectivity index (χ2n) is 6.58. The van der Waals surface area contributed by atoms with Crippen molar-refractivity contribution in [1.82, 2.24) is 10.2 Å². The number of hydrogen-bond acceptors (Lipinski definition) is 4. The summed E-state index contributed by atoms with van der Waals surface area (Å²) in [5, 5.41) is 12.4. The molecule has 2 atom stereocenters. The Labute approximate surface area is 152 Å². The van der Waals surface area contributed by atoms with E-state index in [1.807, 2.05) is 6.07 Å². The summed E-state index contributed by atoms with van der Waals surface area (Å²) in [5.74, 6) is 0.0865. The topological polar surface area (TPSA) is 78.9 Å². The van der Waals surface area contributed by atoms with Crippen LogP contribution in [0.15, 0.2) is 24.3 Å². The number of likely N-dealkylation sites (tertiary alicyclic amines) is 1. The van der Waals surface area contributed by atoms with Crippen LogP contribution in [0.5, 0.6) is 0 Å². The first-order chi connectivity index (χ1) is 12.1. The lowest BCUT2D eigenvalue weighted by Gasteiger charge is -2.38. The molecule has 2 aliphatic rings. The van der Waals surface area contributed by atoms with E-state index in [1.165, 1.54) is 0 Å². The second kappa shape index (κ2) is 8.17. The van der Waals surface area contributed by atoms with Gasteiger partial charge in [-0.2, -0.15) is 0 Å². The van der Waals surface area contributed by atoms with Crippen LogP contribution < -0.4 is 5.32 Å². The average molecular weight is 367 g/mol. The molecule has 136 valence electrons. The number of amides is 2. The van der Waals surface area contributed by atoms with Crippen molar-refractivity contribution in [2.24, 2.45) is 5.92 Å². The maximum absolute atomic E-state index is 13.0. The minimum Gasteiger partial charge on any atom is -0.396 e. The first-order valence-corrected chi connectivity index (χ1v) is 9.03. The third kappa shape index (κ3) is 4.14. The summed E-state index contributed by atoms with van der Waals surface area (Å²) in [4.78, 5) is 26.6. The van der Waals surface area contributed by atoms with Gasteiger partial charge in [-0.3, -0.25) is 9.59 Å². The fourth-order valence-electron chi connectivity index (χ4n) is 3.54. The van der Waals surface area contributed by atoms with E-state index in [9.17, 15) is 9.59 Å².